The highest BCUT2D eigenvalue weighted by atomic mass is 35.5. The van der Waals surface area contributed by atoms with Crippen LogP contribution in [-0.4, -0.2) is 26.5 Å². The van der Waals surface area contributed by atoms with Gasteiger partial charge in [-0.1, -0.05) is 11.6 Å². The number of ether oxygens (including phenoxy) is 1. The third-order valence-corrected chi connectivity index (χ3v) is 5.73. The van der Waals surface area contributed by atoms with E-state index in [-0.39, 0.29) is 16.8 Å². The lowest BCUT2D eigenvalue weighted by atomic mass is 10.2. The summed E-state index contributed by atoms with van der Waals surface area (Å²) in [5.41, 5.74) is 1.33. The fourth-order valence-corrected chi connectivity index (χ4v) is 3.66. The lowest BCUT2D eigenvalue weighted by molar-refractivity contribution is -0.122. The molecule has 0 fully saturated rings. The van der Waals surface area contributed by atoms with E-state index in [1.165, 1.54) is 24.3 Å². The maximum atomic E-state index is 12.3. The summed E-state index contributed by atoms with van der Waals surface area (Å²) in [5.74, 6) is 0.194. The van der Waals surface area contributed by atoms with Crippen LogP contribution in [0.1, 0.15) is 26.3 Å². The van der Waals surface area contributed by atoms with Crippen molar-refractivity contribution in [2.75, 3.05) is 5.32 Å². The van der Waals surface area contributed by atoms with E-state index in [1.54, 1.807) is 39.0 Å². The average Bonchev–Trinajstić information content (AvgIpc) is 2.57. The van der Waals surface area contributed by atoms with Crippen LogP contribution in [0.2, 0.25) is 5.02 Å². The largest absolute Gasteiger partial charge is 0.481 e. The van der Waals surface area contributed by atoms with Crippen LogP contribution in [0, 0.1) is 6.92 Å². The number of halogens is 1. The normalized spacial score (nSPS) is 12.7. The van der Waals surface area contributed by atoms with Gasteiger partial charge in [0.05, 0.1) is 4.90 Å². The molecular weight excluding hydrogens is 388 g/mol. The van der Waals surface area contributed by atoms with Gasteiger partial charge in [-0.2, -0.15) is 0 Å². The van der Waals surface area contributed by atoms with Crippen molar-refractivity contribution in [3.05, 3.63) is 53.1 Å². The van der Waals surface area contributed by atoms with Crippen molar-refractivity contribution in [2.45, 2.75) is 44.7 Å². The zero-order valence-corrected chi connectivity index (χ0v) is 17.2. The molecular formula is C19H23ClN2O4S. The number of amides is 1. The predicted octanol–water partition coefficient (Wildman–Crippen LogP) is 3.74. The number of carbonyl (C=O) groups is 1. The molecule has 8 heteroatoms. The highest BCUT2D eigenvalue weighted by Crippen LogP contribution is 2.22. The lowest BCUT2D eigenvalue weighted by Gasteiger charge is -2.16. The van der Waals surface area contributed by atoms with E-state index in [2.05, 4.69) is 10.0 Å². The SMILES string of the molecule is Cc1cc(OC(C)C(=O)Nc2ccc(S(=O)(=O)NC(C)C)cc2)ccc1Cl. The summed E-state index contributed by atoms with van der Waals surface area (Å²) in [6, 6.07) is 10.9. The molecule has 1 amide bonds. The fraction of sp³-hybridized carbons (Fsp3) is 0.316. The molecule has 27 heavy (non-hydrogen) atoms. The summed E-state index contributed by atoms with van der Waals surface area (Å²) >= 11 is 5.98. The number of aryl methyl sites for hydroxylation is 1. The minimum Gasteiger partial charge on any atom is -0.481 e. The van der Waals surface area contributed by atoms with Crippen molar-refractivity contribution < 1.29 is 17.9 Å². The molecule has 1 atom stereocenters. The molecule has 0 spiro atoms. The van der Waals surface area contributed by atoms with Crippen LogP contribution in [0.25, 0.3) is 0 Å². The average molecular weight is 411 g/mol. The standard InChI is InChI=1S/C19H23ClN2O4S/c1-12(2)22-27(24,25)17-8-5-15(6-9-17)21-19(23)14(4)26-16-7-10-18(20)13(3)11-16/h5-12,14,22H,1-4H3,(H,21,23). The van der Waals surface area contributed by atoms with Crippen LogP contribution in [0.5, 0.6) is 5.75 Å². The Morgan fingerprint density at radius 3 is 2.26 bits per heavy atom. The van der Waals surface area contributed by atoms with E-state index in [0.29, 0.717) is 16.5 Å². The first kappa shape index (κ1) is 21.2. The van der Waals surface area contributed by atoms with E-state index in [4.69, 9.17) is 16.3 Å². The maximum absolute atomic E-state index is 12.3. The van der Waals surface area contributed by atoms with Gasteiger partial charge < -0.3 is 10.1 Å². The quantitative estimate of drug-likeness (QED) is 0.728. The van der Waals surface area contributed by atoms with Crippen molar-refractivity contribution in [1.82, 2.24) is 4.72 Å². The van der Waals surface area contributed by atoms with Gasteiger partial charge >= 0.3 is 0 Å². The van der Waals surface area contributed by atoms with Gasteiger partial charge in [-0.15, -0.1) is 0 Å². The Balaban J connectivity index is 2.01. The zero-order chi connectivity index (χ0) is 20.2. The number of rotatable bonds is 7. The summed E-state index contributed by atoms with van der Waals surface area (Å²) in [5, 5.41) is 3.33. The van der Waals surface area contributed by atoms with Crippen molar-refractivity contribution in [2.24, 2.45) is 0 Å². The highest BCUT2D eigenvalue weighted by Gasteiger charge is 2.17. The monoisotopic (exact) mass is 410 g/mol. The second-order valence-electron chi connectivity index (χ2n) is 6.46. The van der Waals surface area contributed by atoms with E-state index in [0.717, 1.165) is 5.56 Å². The first-order valence-electron chi connectivity index (χ1n) is 8.44. The molecule has 6 nitrogen and oxygen atoms in total. The molecule has 0 heterocycles. The van der Waals surface area contributed by atoms with Crippen molar-refractivity contribution >= 4 is 33.2 Å². The third-order valence-electron chi connectivity index (χ3n) is 3.63. The Labute approximate surface area is 164 Å². The van der Waals surface area contributed by atoms with Crippen LogP contribution >= 0.6 is 11.6 Å². The minimum absolute atomic E-state index is 0.134. The molecule has 0 aliphatic heterocycles. The summed E-state index contributed by atoms with van der Waals surface area (Å²) < 4.78 is 32.4. The number of benzene rings is 2. The van der Waals surface area contributed by atoms with Gasteiger partial charge in [0.25, 0.3) is 5.91 Å². The first-order chi connectivity index (χ1) is 12.6. The van der Waals surface area contributed by atoms with Crippen LogP contribution < -0.4 is 14.8 Å². The van der Waals surface area contributed by atoms with Gasteiger partial charge in [0.2, 0.25) is 10.0 Å². The molecule has 2 rings (SSSR count). The zero-order valence-electron chi connectivity index (χ0n) is 15.6. The molecule has 0 aliphatic rings. The molecule has 2 aromatic rings. The summed E-state index contributed by atoms with van der Waals surface area (Å²) in [6.45, 7) is 6.97. The number of hydrogen-bond donors (Lipinski definition) is 2. The smallest absolute Gasteiger partial charge is 0.265 e. The Hall–Kier alpha value is -2.09. The van der Waals surface area contributed by atoms with Gasteiger partial charge in [0, 0.05) is 16.8 Å². The van der Waals surface area contributed by atoms with Crippen LogP contribution in [0.15, 0.2) is 47.4 Å². The lowest BCUT2D eigenvalue weighted by Crippen LogP contribution is -2.31. The Kier molecular flexibility index (Phi) is 6.86. The third kappa shape index (κ3) is 5.95. The summed E-state index contributed by atoms with van der Waals surface area (Å²) in [6.07, 6.45) is -0.739. The highest BCUT2D eigenvalue weighted by molar-refractivity contribution is 7.89. The second-order valence-corrected chi connectivity index (χ2v) is 8.58. The fourth-order valence-electron chi connectivity index (χ4n) is 2.29. The molecule has 0 saturated heterocycles. The number of nitrogens with one attached hydrogen (secondary N) is 2. The maximum Gasteiger partial charge on any atom is 0.265 e. The Morgan fingerprint density at radius 1 is 1.07 bits per heavy atom. The number of hydrogen-bond acceptors (Lipinski definition) is 4. The van der Waals surface area contributed by atoms with E-state index in [1.807, 2.05) is 6.92 Å². The predicted molar refractivity (Wildman–Crippen MR) is 107 cm³/mol. The Morgan fingerprint density at radius 2 is 1.70 bits per heavy atom. The Bertz CT molecular complexity index is 912. The number of carbonyl (C=O) groups excluding carboxylic acids is 1. The number of sulfonamides is 1. The molecule has 0 bridgehead atoms. The molecule has 2 aromatic carbocycles. The molecule has 2 N–H and O–H groups in total. The van der Waals surface area contributed by atoms with E-state index >= 15 is 0 Å². The van der Waals surface area contributed by atoms with Crippen LogP contribution in [0.4, 0.5) is 5.69 Å². The van der Waals surface area contributed by atoms with Crippen molar-refractivity contribution in [3.8, 4) is 5.75 Å². The molecule has 0 aromatic heterocycles. The minimum atomic E-state index is -3.57. The van der Waals surface area contributed by atoms with Gasteiger partial charge in [-0.3, -0.25) is 4.79 Å². The van der Waals surface area contributed by atoms with Crippen LogP contribution in [0.3, 0.4) is 0 Å². The summed E-state index contributed by atoms with van der Waals surface area (Å²) in [7, 11) is -3.57. The van der Waals surface area contributed by atoms with Crippen molar-refractivity contribution in [3.63, 3.8) is 0 Å². The molecule has 146 valence electrons. The molecule has 0 aliphatic carbocycles. The first-order valence-corrected chi connectivity index (χ1v) is 10.3. The van der Waals surface area contributed by atoms with Gasteiger partial charge in [0.15, 0.2) is 6.10 Å². The summed E-state index contributed by atoms with van der Waals surface area (Å²) in [4.78, 5) is 12.4. The second kappa shape index (κ2) is 8.73. The molecule has 1 unspecified atom stereocenters. The van der Waals surface area contributed by atoms with Crippen LogP contribution in [-0.2, 0) is 14.8 Å². The molecule has 0 radical (unpaired) electrons. The topological polar surface area (TPSA) is 84.5 Å². The van der Waals surface area contributed by atoms with E-state index in [9.17, 15) is 13.2 Å². The van der Waals surface area contributed by atoms with Gasteiger partial charge in [-0.05, 0) is 75.7 Å². The molecule has 0 saturated carbocycles. The number of anilines is 1. The van der Waals surface area contributed by atoms with Gasteiger partial charge in [-0.25, -0.2) is 13.1 Å². The van der Waals surface area contributed by atoms with Gasteiger partial charge in [0.1, 0.15) is 5.75 Å². The van der Waals surface area contributed by atoms with E-state index < -0.39 is 16.1 Å². The van der Waals surface area contributed by atoms with Crippen molar-refractivity contribution in [1.29, 1.82) is 0 Å².